The zero-order valence-electron chi connectivity index (χ0n) is 22.5. The van der Waals surface area contributed by atoms with Gasteiger partial charge in [0, 0.05) is 23.1 Å². The van der Waals surface area contributed by atoms with Crippen LogP contribution in [0, 0.1) is 5.92 Å². The average molecular weight is 571 g/mol. The molecule has 0 heterocycles. The molecule has 10 heteroatoms. The summed E-state index contributed by atoms with van der Waals surface area (Å²) in [4.78, 5) is 27.9. The van der Waals surface area contributed by atoms with E-state index in [1.165, 1.54) is 4.90 Å². The summed E-state index contributed by atoms with van der Waals surface area (Å²) in [6.07, 6.45) is 1.05. The van der Waals surface area contributed by atoms with Gasteiger partial charge in [0.2, 0.25) is 21.8 Å². The van der Waals surface area contributed by atoms with Gasteiger partial charge in [-0.25, -0.2) is 8.42 Å². The number of nitrogens with one attached hydrogen (secondary N) is 1. The predicted octanol–water partition coefficient (Wildman–Crippen LogP) is 5.25. The van der Waals surface area contributed by atoms with Crippen LogP contribution in [0.3, 0.4) is 0 Å². The molecule has 1 unspecified atom stereocenters. The van der Waals surface area contributed by atoms with Crippen molar-refractivity contribution in [2.24, 2.45) is 5.92 Å². The smallest absolute Gasteiger partial charge is 0.244 e. The van der Waals surface area contributed by atoms with Crippen molar-refractivity contribution in [3.63, 3.8) is 0 Å². The Morgan fingerprint density at radius 1 is 1.00 bits per heavy atom. The van der Waals surface area contributed by atoms with Crippen LogP contribution < -0.4 is 9.62 Å². The Morgan fingerprint density at radius 3 is 2.08 bits per heavy atom. The summed E-state index contributed by atoms with van der Waals surface area (Å²) in [7, 11) is -3.81. The summed E-state index contributed by atoms with van der Waals surface area (Å²) in [6, 6.07) is 11.1. The SMILES string of the molecule is CC(C)CNC(=O)C(C)N(Cc1ccc(Cl)cc1Cl)C(=O)CN(c1ccc(C(C)(C)C)cc1)S(C)(=O)=O. The molecule has 2 amide bonds. The number of benzene rings is 2. The zero-order valence-corrected chi connectivity index (χ0v) is 24.8. The van der Waals surface area contributed by atoms with E-state index in [2.05, 4.69) is 26.1 Å². The fourth-order valence-corrected chi connectivity index (χ4v) is 4.93. The Kier molecular flexibility index (Phi) is 10.5. The molecular formula is C27H37Cl2N3O4S. The van der Waals surface area contributed by atoms with Crippen LogP contribution in [-0.4, -0.2) is 50.5 Å². The molecule has 37 heavy (non-hydrogen) atoms. The van der Waals surface area contributed by atoms with Gasteiger partial charge in [0.1, 0.15) is 12.6 Å². The van der Waals surface area contributed by atoms with Gasteiger partial charge in [-0.3, -0.25) is 13.9 Å². The lowest BCUT2D eigenvalue weighted by atomic mass is 9.87. The summed E-state index contributed by atoms with van der Waals surface area (Å²) < 4.78 is 26.5. The lowest BCUT2D eigenvalue weighted by molar-refractivity contribution is -0.139. The van der Waals surface area contributed by atoms with E-state index in [0.717, 1.165) is 16.1 Å². The van der Waals surface area contributed by atoms with E-state index >= 15 is 0 Å². The lowest BCUT2D eigenvalue weighted by Crippen LogP contribution is -2.51. The Balaban J connectivity index is 2.42. The van der Waals surface area contributed by atoms with Crippen molar-refractivity contribution in [2.45, 2.75) is 59.5 Å². The van der Waals surface area contributed by atoms with Crippen LogP contribution in [0.5, 0.6) is 0 Å². The molecule has 0 aliphatic heterocycles. The number of hydrogen-bond donors (Lipinski definition) is 1. The number of amides is 2. The predicted molar refractivity (Wildman–Crippen MR) is 152 cm³/mol. The first-order valence-electron chi connectivity index (χ1n) is 12.1. The molecule has 2 aromatic carbocycles. The average Bonchev–Trinajstić information content (AvgIpc) is 2.78. The minimum atomic E-state index is -3.81. The van der Waals surface area contributed by atoms with Crippen LogP contribution in [0.4, 0.5) is 5.69 Å². The second-order valence-corrected chi connectivity index (χ2v) is 13.4. The maximum absolute atomic E-state index is 13.6. The number of halogens is 2. The number of rotatable bonds is 10. The topological polar surface area (TPSA) is 86.8 Å². The largest absolute Gasteiger partial charge is 0.354 e. The van der Waals surface area contributed by atoms with Gasteiger partial charge in [0.15, 0.2) is 0 Å². The number of carbonyl (C=O) groups is 2. The minimum Gasteiger partial charge on any atom is -0.354 e. The van der Waals surface area contributed by atoms with Crippen LogP contribution in [0.15, 0.2) is 42.5 Å². The van der Waals surface area contributed by atoms with Crippen molar-refractivity contribution < 1.29 is 18.0 Å². The fraction of sp³-hybridized carbons (Fsp3) is 0.481. The van der Waals surface area contributed by atoms with E-state index in [1.807, 2.05) is 26.0 Å². The summed E-state index contributed by atoms with van der Waals surface area (Å²) in [6.45, 7) is 11.7. The molecule has 2 aromatic rings. The van der Waals surface area contributed by atoms with E-state index in [-0.39, 0.29) is 23.8 Å². The van der Waals surface area contributed by atoms with Crippen LogP contribution in [0.2, 0.25) is 10.0 Å². The quantitative estimate of drug-likeness (QED) is 0.423. The number of carbonyl (C=O) groups excluding carboxylic acids is 2. The molecule has 1 atom stereocenters. The molecule has 2 rings (SSSR count). The molecule has 1 N–H and O–H groups in total. The molecule has 0 bridgehead atoms. The first-order chi connectivity index (χ1) is 17.0. The van der Waals surface area contributed by atoms with Gasteiger partial charge in [0.05, 0.1) is 11.9 Å². The third-order valence-electron chi connectivity index (χ3n) is 5.91. The molecule has 0 aliphatic rings. The number of nitrogens with zero attached hydrogens (tertiary/aromatic N) is 2. The van der Waals surface area contributed by atoms with Gasteiger partial charge in [-0.15, -0.1) is 0 Å². The Morgan fingerprint density at radius 2 is 1.59 bits per heavy atom. The van der Waals surface area contributed by atoms with Crippen molar-refractivity contribution in [3.8, 4) is 0 Å². The highest BCUT2D eigenvalue weighted by molar-refractivity contribution is 7.92. The van der Waals surface area contributed by atoms with E-state index in [4.69, 9.17) is 23.2 Å². The first-order valence-corrected chi connectivity index (χ1v) is 14.7. The number of anilines is 1. The molecular weight excluding hydrogens is 533 g/mol. The third kappa shape index (κ3) is 8.90. The van der Waals surface area contributed by atoms with E-state index in [9.17, 15) is 18.0 Å². The van der Waals surface area contributed by atoms with E-state index < -0.39 is 28.5 Å². The van der Waals surface area contributed by atoms with Gasteiger partial charge in [-0.2, -0.15) is 0 Å². The molecule has 0 aliphatic carbocycles. The summed E-state index contributed by atoms with van der Waals surface area (Å²) >= 11 is 12.4. The maximum atomic E-state index is 13.6. The minimum absolute atomic E-state index is 0.00562. The lowest BCUT2D eigenvalue weighted by Gasteiger charge is -2.32. The summed E-state index contributed by atoms with van der Waals surface area (Å²) in [5.41, 5.74) is 1.87. The molecule has 7 nitrogen and oxygen atoms in total. The van der Waals surface area contributed by atoms with Gasteiger partial charge in [-0.05, 0) is 53.6 Å². The van der Waals surface area contributed by atoms with Gasteiger partial charge >= 0.3 is 0 Å². The molecule has 0 aromatic heterocycles. The zero-order chi connectivity index (χ0) is 28.1. The van der Waals surface area contributed by atoms with Crippen molar-refractivity contribution in [2.75, 3.05) is 23.7 Å². The standard InChI is InChI=1S/C27H37Cl2N3O4S/c1-18(2)15-30-26(34)19(3)31(16-20-8-11-22(28)14-24(20)29)25(33)17-32(37(7,35)36)23-12-9-21(10-13-23)27(4,5)6/h8-14,18-19H,15-17H2,1-7H3,(H,30,34). The van der Waals surface area contributed by atoms with E-state index in [1.54, 1.807) is 37.3 Å². The van der Waals surface area contributed by atoms with Crippen molar-refractivity contribution in [1.29, 1.82) is 0 Å². The number of sulfonamides is 1. The molecule has 204 valence electrons. The maximum Gasteiger partial charge on any atom is 0.244 e. The molecule has 0 saturated heterocycles. The Labute approximate surface area is 231 Å². The Hall–Kier alpha value is -2.29. The third-order valence-corrected chi connectivity index (χ3v) is 7.64. The highest BCUT2D eigenvalue weighted by Gasteiger charge is 2.30. The van der Waals surface area contributed by atoms with Gasteiger partial charge < -0.3 is 10.2 Å². The second kappa shape index (κ2) is 12.5. The van der Waals surface area contributed by atoms with Crippen LogP contribution in [0.25, 0.3) is 0 Å². The molecule has 0 saturated carbocycles. The fourth-order valence-electron chi connectivity index (χ4n) is 3.61. The normalized spacial score (nSPS) is 12.8. The van der Waals surface area contributed by atoms with Gasteiger partial charge in [0.25, 0.3) is 0 Å². The van der Waals surface area contributed by atoms with Crippen LogP contribution in [-0.2, 0) is 31.6 Å². The Bertz CT molecular complexity index is 1210. The summed E-state index contributed by atoms with van der Waals surface area (Å²) in [5.74, 6) is -0.654. The number of hydrogen-bond acceptors (Lipinski definition) is 4. The van der Waals surface area contributed by atoms with Crippen molar-refractivity contribution in [1.82, 2.24) is 10.2 Å². The highest BCUT2D eigenvalue weighted by Crippen LogP contribution is 2.27. The first kappa shape index (κ1) is 30.9. The monoisotopic (exact) mass is 569 g/mol. The van der Waals surface area contributed by atoms with Crippen molar-refractivity contribution >= 4 is 50.7 Å². The molecule has 0 spiro atoms. The second-order valence-electron chi connectivity index (χ2n) is 10.6. The van der Waals surface area contributed by atoms with Crippen molar-refractivity contribution in [3.05, 3.63) is 63.6 Å². The van der Waals surface area contributed by atoms with Crippen LogP contribution in [0.1, 0.15) is 52.7 Å². The highest BCUT2D eigenvalue weighted by atomic mass is 35.5. The summed E-state index contributed by atoms with van der Waals surface area (Å²) in [5, 5.41) is 3.63. The molecule has 0 radical (unpaired) electrons. The van der Waals surface area contributed by atoms with Crippen LogP contribution >= 0.6 is 23.2 Å². The molecule has 0 fully saturated rings. The van der Waals surface area contributed by atoms with E-state index in [0.29, 0.717) is 27.8 Å². The van der Waals surface area contributed by atoms with Gasteiger partial charge in [-0.1, -0.05) is 76.0 Å².